The summed E-state index contributed by atoms with van der Waals surface area (Å²) >= 11 is 0. The molecule has 0 radical (unpaired) electrons. The zero-order valence-electron chi connectivity index (χ0n) is 8.05. The average Bonchev–Trinajstić information content (AvgIpc) is 2.80. The summed E-state index contributed by atoms with van der Waals surface area (Å²) < 4.78 is 7.13. The van der Waals surface area contributed by atoms with E-state index in [1.54, 1.807) is 23.2 Å². The second-order valence-corrected chi connectivity index (χ2v) is 3.14. The number of hydrogen-bond donors (Lipinski definition) is 1. The van der Waals surface area contributed by atoms with Gasteiger partial charge in [0, 0.05) is 0 Å². The van der Waals surface area contributed by atoms with Crippen LogP contribution in [0.15, 0.2) is 35.1 Å². The number of furan rings is 1. The third-order valence-electron chi connectivity index (χ3n) is 2.25. The van der Waals surface area contributed by atoms with Crippen molar-refractivity contribution in [3.63, 3.8) is 0 Å². The van der Waals surface area contributed by atoms with E-state index in [1.807, 2.05) is 12.1 Å². The van der Waals surface area contributed by atoms with E-state index in [4.69, 9.17) is 10.2 Å². The number of nitrogen functional groups attached to an aromatic ring is 1. The summed E-state index contributed by atoms with van der Waals surface area (Å²) in [6.07, 6.45) is 4.26. The maximum atomic E-state index is 5.78. The number of rotatable bonds is 3. The Labute approximate surface area is 82.3 Å². The highest BCUT2D eigenvalue weighted by molar-refractivity contribution is 5.28. The summed E-state index contributed by atoms with van der Waals surface area (Å²) in [5.74, 6) is 1.55. The van der Waals surface area contributed by atoms with Gasteiger partial charge in [0.15, 0.2) is 0 Å². The second-order valence-electron chi connectivity index (χ2n) is 3.14. The fourth-order valence-electron chi connectivity index (χ4n) is 1.56. The van der Waals surface area contributed by atoms with E-state index in [0.29, 0.717) is 5.82 Å². The van der Waals surface area contributed by atoms with E-state index >= 15 is 0 Å². The molecule has 74 valence electrons. The third kappa shape index (κ3) is 1.39. The van der Waals surface area contributed by atoms with Gasteiger partial charge >= 0.3 is 0 Å². The normalized spacial score (nSPS) is 12.9. The van der Waals surface area contributed by atoms with E-state index in [1.165, 1.54) is 0 Å². The fraction of sp³-hybridized carbons (Fsp3) is 0.300. The molecule has 2 rings (SSSR count). The van der Waals surface area contributed by atoms with E-state index in [0.717, 1.165) is 12.2 Å². The first kappa shape index (κ1) is 8.87. The molecular formula is C10H13N3O. The van der Waals surface area contributed by atoms with Crippen LogP contribution in [-0.4, -0.2) is 9.78 Å². The molecule has 2 N–H and O–H groups in total. The second kappa shape index (κ2) is 3.57. The lowest BCUT2D eigenvalue weighted by atomic mass is 10.2. The van der Waals surface area contributed by atoms with Gasteiger partial charge in [-0.1, -0.05) is 6.92 Å². The number of nitrogens with zero attached hydrogens (tertiary/aromatic N) is 2. The monoisotopic (exact) mass is 191 g/mol. The van der Waals surface area contributed by atoms with Crippen molar-refractivity contribution in [1.29, 1.82) is 0 Å². The Kier molecular flexibility index (Phi) is 2.26. The minimum atomic E-state index is 0.0972. The van der Waals surface area contributed by atoms with Crippen LogP contribution < -0.4 is 5.73 Å². The summed E-state index contributed by atoms with van der Waals surface area (Å²) in [7, 11) is 0. The molecule has 0 aliphatic rings. The molecule has 0 saturated carbocycles. The van der Waals surface area contributed by atoms with Gasteiger partial charge in [0.2, 0.25) is 0 Å². The molecule has 0 spiro atoms. The molecule has 0 amide bonds. The average molecular weight is 191 g/mol. The van der Waals surface area contributed by atoms with Gasteiger partial charge in [0.1, 0.15) is 17.6 Å². The zero-order chi connectivity index (χ0) is 9.97. The van der Waals surface area contributed by atoms with Gasteiger partial charge in [0.25, 0.3) is 0 Å². The van der Waals surface area contributed by atoms with Crippen molar-refractivity contribution in [3.05, 3.63) is 36.4 Å². The summed E-state index contributed by atoms with van der Waals surface area (Å²) in [5, 5.41) is 4.17. The highest BCUT2D eigenvalue weighted by Gasteiger charge is 2.16. The van der Waals surface area contributed by atoms with Crippen molar-refractivity contribution < 1.29 is 4.42 Å². The van der Waals surface area contributed by atoms with Crippen LogP contribution in [0.1, 0.15) is 25.1 Å². The lowest BCUT2D eigenvalue weighted by Crippen LogP contribution is -2.12. The number of hydrogen-bond acceptors (Lipinski definition) is 3. The maximum Gasteiger partial charge on any atom is 0.128 e. The van der Waals surface area contributed by atoms with Gasteiger partial charge in [-0.25, -0.2) is 4.68 Å². The largest absolute Gasteiger partial charge is 0.467 e. The van der Waals surface area contributed by atoms with Crippen LogP contribution in [0.25, 0.3) is 0 Å². The molecule has 14 heavy (non-hydrogen) atoms. The van der Waals surface area contributed by atoms with Crippen LogP contribution >= 0.6 is 0 Å². The molecule has 0 bridgehead atoms. The molecule has 2 aromatic rings. The molecule has 0 aliphatic heterocycles. The van der Waals surface area contributed by atoms with E-state index in [9.17, 15) is 0 Å². The SMILES string of the molecule is CCC(c1ccco1)n1nccc1N. The van der Waals surface area contributed by atoms with E-state index < -0.39 is 0 Å². The van der Waals surface area contributed by atoms with Gasteiger partial charge in [0.05, 0.1) is 12.5 Å². The van der Waals surface area contributed by atoms with Crippen molar-refractivity contribution in [2.24, 2.45) is 0 Å². The van der Waals surface area contributed by atoms with Crippen LogP contribution in [0.5, 0.6) is 0 Å². The molecule has 1 atom stereocenters. The van der Waals surface area contributed by atoms with Crippen molar-refractivity contribution >= 4 is 5.82 Å². The molecule has 4 heteroatoms. The molecular weight excluding hydrogens is 178 g/mol. The molecule has 0 saturated heterocycles. The predicted octanol–water partition coefficient (Wildman–Crippen LogP) is 2.06. The third-order valence-corrected chi connectivity index (χ3v) is 2.25. The quantitative estimate of drug-likeness (QED) is 0.807. The van der Waals surface area contributed by atoms with Gasteiger partial charge in [-0.15, -0.1) is 0 Å². The fourth-order valence-corrected chi connectivity index (χ4v) is 1.56. The number of nitrogens with two attached hydrogens (primary N) is 1. The lowest BCUT2D eigenvalue weighted by Gasteiger charge is -2.14. The van der Waals surface area contributed by atoms with Crippen LogP contribution in [0.2, 0.25) is 0 Å². The molecule has 0 fully saturated rings. The number of anilines is 1. The van der Waals surface area contributed by atoms with Crippen molar-refractivity contribution in [3.8, 4) is 0 Å². The maximum absolute atomic E-state index is 5.78. The topological polar surface area (TPSA) is 57.0 Å². The van der Waals surface area contributed by atoms with Gasteiger partial charge in [-0.05, 0) is 24.6 Å². The first-order valence-electron chi connectivity index (χ1n) is 4.65. The van der Waals surface area contributed by atoms with E-state index in [-0.39, 0.29) is 6.04 Å². The van der Waals surface area contributed by atoms with Crippen LogP contribution in [0, 0.1) is 0 Å². The van der Waals surface area contributed by atoms with Gasteiger partial charge < -0.3 is 10.2 Å². The van der Waals surface area contributed by atoms with Crippen LogP contribution in [-0.2, 0) is 0 Å². The van der Waals surface area contributed by atoms with Crippen molar-refractivity contribution in [2.75, 3.05) is 5.73 Å². The Balaban J connectivity index is 2.36. The first-order valence-corrected chi connectivity index (χ1v) is 4.65. The van der Waals surface area contributed by atoms with E-state index in [2.05, 4.69) is 12.0 Å². The lowest BCUT2D eigenvalue weighted by molar-refractivity contribution is 0.401. The minimum Gasteiger partial charge on any atom is -0.467 e. The number of aromatic nitrogens is 2. The molecule has 2 aromatic heterocycles. The Morgan fingerprint density at radius 3 is 2.93 bits per heavy atom. The summed E-state index contributed by atoms with van der Waals surface area (Å²) in [6, 6.07) is 5.69. The first-order chi connectivity index (χ1) is 6.83. The Morgan fingerprint density at radius 2 is 2.43 bits per heavy atom. The highest BCUT2D eigenvalue weighted by Crippen LogP contribution is 2.23. The van der Waals surface area contributed by atoms with Gasteiger partial charge in [-0.2, -0.15) is 5.10 Å². The highest BCUT2D eigenvalue weighted by atomic mass is 16.3. The van der Waals surface area contributed by atoms with Crippen LogP contribution in [0.4, 0.5) is 5.82 Å². The Bertz CT molecular complexity index is 391. The molecule has 2 heterocycles. The molecule has 4 nitrogen and oxygen atoms in total. The molecule has 0 aliphatic carbocycles. The Morgan fingerprint density at radius 1 is 1.57 bits per heavy atom. The van der Waals surface area contributed by atoms with Crippen molar-refractivity contribution in [2.45, 2.75) is 19.4 Å². The summed E-state index contributed by atoms with van der Waals surface area (Å²) in [5.41, 5.74) is 5.78. The minimum absolute atomic E-state index is 0.0972. The smallest absolute Gasteiger partial charge is 0.128 e. The van der Waals surface area contributed by atoms with Crippen LogP contribution in [0.3, 0.4) is 0 Å². The predicted molar refractivity (Wildman–Crippen MR) is 53.8 cm³/mol. The standard InChI is InChI=1S/C10H13N3O/c1-2-8(9-4-3-7-14-9)13-10(11)5-6-12-13/h3-8H,2,11H2,1H3. The summed E-state index contributed by atoms with van der Waals surface area (Å²) in [4.78, 5) is 0. The summed E-state index contributed by atoms with van der Waals surface area (Å²) in [6.45, 7) is 2.08. The van der Waals surface area contributed by atoms with Crippen molar-refractivity contribution in [1.82, 2.24) is 9.78 Å². The zero-order valence-corrected chi connectivity index (χ0v) is 8.05. The Hall–Kier alpha value is -1.71. The van der Waals surface area contributed by atoms with Gasteiger partial charge in [-0.3, -0.25) is 0 Å². The molecule has 1 unspecified atom stereocenters. The molecule has 0 aromatic carbocycles.